The molecule has 1 amide bonds. The summed E-state index contributed by atoms with van der Waals surface area (Å²) in [6.45, 7) is 3.56. The van der Waals surface area contributed by atoms with Crippen LogP contribution in [-0.4, -0.2) is 21.4 Å². The molecule has 1 aliphatic rings. The first kappa shape index (κ1) is 16.0. The van der Waals surface area contributed by atoms with E-state index in [0.29, 0.717) is 10.6 Å². The van der Waals surface area contributed by atoms with Gasteiger partial charge in [0.25, 0.3) is 0 Å². The van der Waals surface area contributed by atoms with Crippen molar-refractivity contribution in [3.63, 3.8) is 0 Å². The van der Waals surface area contributed by atoms with Gasteiger partial charge >= 0.3 is 0 Å². The number of anilines is 1. The van der Waals surface area contributed by atoms with Crippen molar-refractivity contribution in [3.8, 4) is 0 Å². The van der Waals surface area contributed by atoms with Crippen LogP contribution in [-0.2, 0) is 15.6 Å². The summed E-state index contributed by atoms with van der Waals surface area (Å²) in [7, 11) is -1.38. The molecular weight excluding hydrogens is 284 g/mol. The molecule has 2 rings (SSSR count). The number of nitrogen functional groups attached to an aromatic ring is 1. The average molecular weight is 308 g/mol. The van der Waals surface area contributed by atoms with Crippen LogP contribution in [0.25, 0.3) is 0 Å². The van der Waals surface area contributed by atoms with Crippen LogP contribution in [0.2, 0.25) is 0 Å². The van der Waals surface area contributed by atoms with Gasteiger partial charge in [0.2, 0.25) is 5.91 Å². The fraction of sp³-hybridized carbons (Fsp3) is 0.562. The van der Waals surface area contributed by atoms with Gasteiger partial charge in [0.1, 0.15) is 5.25 Å². The maximum absolute atomic E-state index is 12.6. The van der Waals surface area contributed by atoms with Gasteiger partial charge in [-0.1, -0.05) is 25.3 Å². The Morgan fingerprint density at radius 1 is 1.33 bits per heavy atom. The monoisotopic (exact) mass is 308 g/mol. The molecule has 5 heteroatoms. The Balaban J connectivity index is 2.04. The summed E-state index contributed by atoms with van der Waals surface area (Å²) in [5.74, 6) is -0.123. The molecular formula is C16H24N2O2S. The first-order valence-corrected chi connectivity index (χ1v) is 8.78. The highest BCUT2D eigenvalue weighted by molar-refractivity contribution is 7.86. The van der Waals surface area contributed by atoms with Crippen LogP contribution in [0.3, 0.4) is 0 Å². The van der Waals surface area contributed by atoms with Crippen molar-refractivity contribution in [2.24, 2.45) is 0 Å². The molecule has 0 heterocycles. The lowest BCUT2D eigenvalue weighted by molar-refractivity contribution is -0.121. The predicted octanol–water partition coefficient (Wildman–Crippen LogP) is 2.52. The molecule has 1 saturated carbocycles. The van der Waals surface area contributed by atoms with E-state index in [1.807, 2.05) is 6.92 Å². The van der Waals surface area contributed by atoms with Crippen molar-refractivity contribution in [1.29, 1.82) is 0 Å². The third kappa shape index (κ3) is 3.84. The fourth-order valence-electron chi connectivity index (χ4n) is 2.70. The highest BCUT2D eigenvalue weighted by atomic mass is 32.2. The standard InChI is InChI=1S/C16H24N2O2S/c1-11-14(17)9-6-10-15(11)21(20)12(2)16(19)18-13-7-4-3-5-8-13/h6,9-10,12-13H,3-5,7-8,17H2,1-2H3,(H,18,19). The highest BCUT2D eigenvalue weighted by Crippen LogP contribution is 2.22. The van der Waals surface area contributed by atoms with Crippen LogP contribution in [0.4, 0.5) is 5.69 Å². The number of rotatable bonds is 4. The van der Waals surface area contributed by atoms with E-state index in [1.54, 1.807) is 25.1 Å². The van der Waals surface area contributed by atoms with E-state index in [9.17, 15) is 9.00 Å². The van der Waals surface area contributed by atoms with Crippen molar-refractivity contribution >= 4 is 22.4 Å². The number of carbonyl (C=O) groups is 1. The number of nitrogens with one attached hydrogen (secondary N) is 1. The van der Waals surface area contributed by atoms with Gasteiger partial charge in [-0.3, -0.25) is 9.00 Å². The number of benzene rings is 1. The van der Waals surface area contributed by atoms with Gasteiger partial charge in [-0.05, 0) is 44.4 Å². The van der Waals surface area contributed by atoms with Crippen LogP contribution in [0, 0.1) is 6.92 Å². The lowest BCUT2D eigenvalue weighted by atomic mass is 9.95. The number of amides is 1. The molecule has 4 nitrogen and oxygen atoms in total. The molecule has 0 saturated heterocycles. The summed E-state index contributed by atoms with van der Waals surface area (Å²) in [6, 6.07) is 5.59. The van der Waals surface area contributed by atoms with Gasteiger partial charge in [-0.25, -0.2) is 0 Å². The molecule has 0 bridgehead atoms. The largest absolute Gasteiger partial charge is 0.398 e. The van der Waals surface area contributed by atoms with Crippen molar-refractivity contribution in [2.45, 2.75) is 62.1 Å². The van der Waals surface area contributed by atoms with Crippen molar-refractivity contribution in [2.75, 3.05) is 5.73 Å². The lowest BCUT2D eigenvalue weighted by Gasteiger charge is -2.24. The van der Waals surface area contributed by atoms with Gasteiger partial charge in [0.05, 0.1) is 10.8 Å². The maximum Gasteiger partial charge on any atom is 0.236 e. The van der Waals surface area contributed by atoms with E-state index < -0.39 is 16.0 Å². The lowest BCUT2D eigenvalue weighted by Crippen LogP contribution is -2.42. The number of hydrogen-bond acceptors (Lipinski definition) is 3. The summed E-state index contributed by atoms with van der Waals surface area (Å²) >= 11 is 0. The zero-order valence-electron chi connectivity index (χ0n) is 12.7. The van der Waals surface area contributed by atoms with Crippen LogP contribution in [0.1, 0.15) is 44.6 Å². The van der Waals surface area contributed by atoms with Crippen LogP contribution in [0.15, 0.2) is 23.1 Å². The number of hydrogen-bond donors (Lipinski definition) is 2. The van der Waals surface area contributed by atoms with Gasteiger partial charge in [-0.15, -0.1) is 0 Å². The fourth-order valence-corrected chi connectivity index (χ4v) is 3.98. The van der Waals surface area contributed by atoms with Gasteiger partial charge < -0.3 is 11.1 Å². The van der Waals surface area contributed by atoms with Crippen molar-refractivity contribution in [1.82, 2.24) is 5.32 Å². The van der Waals surface area contributed by atoms with E-state index in [2.05, 4.69) is 5.32 Å². The molecule has 2 atom stereocenters. The van der Waals surface area contributed by atoms with E-state index in [0.717, 1.165) is 31.2 Å². The van der Waals surface area contributed by atoms with Gasteiger partial charge in [0.15, 0.2) is 0 Å². The van der Waals surface area contributed by atoms with Crippen LogP contribution in [0.5, 0.6) is 0 Å². The van der Waals surface area contributed by atoms with Crippen LogP contribution >= 0.6 is 0 Å². The first-order valence-electron chi connectivity index (χ1n) is 7.56. The topological polar surface area (TPSA) is 72.2 Å². The third-order valence-electron chi connectivity index (χ3n) is 4.18. The molecule has 2 unspecified atom stereocenters. The Morgan fingerprint density at radius 2 is 2.00 bits per heavy atom. The van der Waals surface area contributed by atoms with E-state index >= 15 is 0 Å². The highest BCUT2D eigenvalue weighted by Gasteiger charge is 2.25. The summed E-state index contributed by atoms with van der Waals surface area (Å²) in [5, 5.41) is 2.48. The zero-order valence-corrected chi connectivity index (χ0v) is 13.5. The molecule has 0 aliphatic heterocycles. The minimum absolute atomic E-state index is 0.123. The molecule has 1 aromatic rings. The smallest absolute Gasteiger partial charge is 0.236 e. The van der Waals surface area contributed by atoms with Gasteiger partial charge in [0, 0.05) is 16.6 Å². The molecule has 3 N–H and O–H groups in total. The van der Waals surface area contributed by atoms with Crippen LogP contribution < -0.4 is 11.1 Å². The Hall–Kier alpha value is -1.36. The Bertz CT molecular complexity index is 539. The van der Waals surface area contributed by atoms with Crippen molar-refractivity contribution < 1.29 is 9.00 Å². The average Bonchev–Trinajstić information content (AvgIpc) is 2.49. The van der Waals surface area contributed by atoms with Gasteiger partial charge in [-0.2, -0.15) is 0 Å². The Kier molecular flexibility index (Phi) is 5.39. The minimum atomic E-state index is -1.38. The minimum Gasteiger partial charge on any atom is -0.398 e. The molecule has 0 spiro atoms. The zero-order chi connectivity index (χ0) is 15.4. The third-order valence-corrected chi connectivity index (χ3v) is 5.92. The molecule has 21 heavy (non-hydrogen) atoms. The summed E-state index contributed by atoms with van der Waals surface area (Å²) in [4.78, 5) is 12.9. The summed E-state index contributed by atoms with van der Waals surface area (Å²) in [5.41, 5.74) is 7.26. The van der Waals surface area contributed by atoms with E-state index in [-0.39, 0.29) is 11.9 Å². The van der Waals surface area contributed by atoms with E-state index in [4.69, 9.17) is 5.73 Å². The second kappa shape index (κ2) is 7.07. The number of nitrogens with two attached hydrogens (primary N) is 1. The second-order valence-corrected chi connectivity index (χ2v) is 7.50. The van der Waals surface area contributed by atoms with Crippen molar-refractivity contribution in [3.05, 3.63) is 23.8 Å². The molecule has 1 fully saturated rings. The summed E-state index contributed by atoms with van der Waals surface area (Å²) in [6.07, 6.45) is 5.63. The normalized spacial score (nSPS) is 19.0. The molecule has 0 radical (unpaired) electrons. The maximum atomic E-state index is 12.6. The molecule has 116 valence electrons. The Morgan fingerprint density at radius 3 is 2.67 bits per heavy atom. The Labute approximate surface area is 129 Å². The molecule has 0 aromatic heterocycles. The SMILES string of the molecule is Cc1c(N)cccc1S(=O)C(C)C(=O)NC1CCCCC1. The quantitative estimate of drug-likeness (QED) is 0.840. The predicted molar refractivity (Wildman–Crippen MR) is 86.5 cm³/mol. The number of carbonyl (C=O) groups excluding carboxylic acids is 1. The first-order chi connectivity index (χ1) is 10.0. The molecule has 1 aliphatic carbocycles. The molecule has 1 aromatic carbocycles. The van der Waals surface area contributed by atoms with E-state index in [1.165, 1.54) is 6.42 Å². The second-order valence-electron chi connectivity index (χ2n) is 5.75. The summed E-state index contributed by atoms with van der Waals surface area (Å²) < 4.78 is 12.6.